The average Bonchev–Trinajstić information content (AvgIpc) is 2.94. The van der Waals surface area contributed by atoms with Gasteiger partial charge in [0.15, 0.2) is 0 Å². The molecule has 0 aliphatic rings. The SMILES string of the molecule is CCOC(=O)c1sc(NC(=O)Cc2ccc(OCC)cc2)c(SC#N)c1C. The van der Waals surface area contributed by atoms with E-state index in [0.717, 1.165) is 34.4 Å². The molecule has 27 heavy (non-hydrogen) atoms. The predicted octanol–water partition coefficient (Wildman–Crippen LogP) is 4.39. The molecule has 0 saturated carbocycles. The average molecular weight is 405 g/mol. The largest absolute Gasteiger partial charge is 0.494 e. The summed E-state index contributed by atoms with van der Waals surface area (Å²) in [6.45, 7) is 6.22. The highest BCUT2D eigenvalue weighted by molar-refractivity contribution is 8.04. The van der Waals surface area contributed by atoms with Gasteiger partial charge >= 0.3 is 5.97 Å². The maximum atomic E-state index is 12.4. The van der Waals surface area contributed by atoms with Crippen LogP contribution in [0, 0.1) is 17.6 Å². The van der Waals surface area contributed by atoms with Crippen LogP contribution >= 0.6 is 23.1 Å². The lowest BCUT2D eigenvalue weighted by Crippen LogP contribution is -2.14. The number of thioether (sulfide) groups is 1. The second kappa shape index (κ2) is 10.00. The van der Waals surface area contributed by atoms with Gasteiger partial charge in [0.25, 0.3) is 0 Å². The summed E-state index contributed by atoms with van der Waals surface area (Å²) in [7, 11) is 0. The number of thiophene rings is 1. The molecular formula is C19H20N2O4S2. The van der Waals surface area contributed by atoms with E-state index in [1.54, 1.807) is 13.8 Å². The lowest BCUT2D eigenvalue weighted by Gasteiger charge is -2.06. The van der Waals surface area contributed by atoms with Crippen molar-refractivity contribution in [3.05, 3.63) is 40.3 Å². The minimum Gasteiger partial charge on any atom is -0.494 e. The number of benzene rings is 1. The van der Waals surface area contributed by atoms with E-state index in [2.05, 4.69) is 5.32 Å². The van der Waals surface area contributed by atoms with E-state index < -0.39 is 5.97 Å². The first-order chi connectivity index (χ1) is 13.0. The fourth-order valence-electron chi connectivity index (χ4n) is 2.37. The lowest BCUT2D eigenvalue weighted by molar-refractivity contribution is -0.115. The monoisotopic (exact) mass is 404 g/mol. The second-order valence-electron chi connectivity index (χ2n) is 5.43. The minimum atomic E-state index is -0.452. The van der Waals surface area contributed by atoms with E-state index in [1.165, 1.54) is 0 Å². The van der Waals surface area contributed by atoms with Crippen LogP contribution in [0.1, 0.15) is 34.6 Å². The lowest BCUT2D eigenvalue weighted by atomic mass is 10.1. The van der Waals surface area contributed by atoms with Gasteiger partial charge in [-0.15, -0.1) is 11.3 Å². The van der Waals surface area contributed by atoms with Gasteiger partial charge in [0.2, 0.25) is 5.91 Å². The summed E-state index contributed by atoms with van der Waals surface area (Å²) >= 11 is 2.04. The molecule has 0 aliphatic heterocycles. The Kier molecular flexibility index (Phi) is 7.70. The maximum absolute atomic E-state index is 12.4. The standard InChI is InChI=1S/C19H20N2O4S2/c1-4-24-14-8-6-13(7-9-14)10-15(22)21-18-16(26-11-20)12(3)17(27-18)19(23)25-5-2/h6-9H,4-5,10H2,1-3H3,(H,21,22). The van der Waals surface area contributed by atoms with Gasteiger partial charge in [-0.3, -0.25) is 4.79 Å². The molecule has 0 aliphatic carbocycles. The molecule has 0 unspecified atom stereocenters. The Morgan fingerprint density at radius 2 is 1.93 bits per heavy atom. The van der Waals surface area contributed by atoms with Crippen LogP contribution in [0.25, 0.3) is 0 Å². The third kappa shape index (κ3) is 5.49. The number of ether oxygens (including phenoxy) is 2. The summed E-state index contributed by atoms with van der Waals surface area (Å²) in [5.41, 5.74) is 1.48. The molecule has 0 saturated heterocycles. The van der Waals surface area contributed by atoms with E-state index in [0.29, 0.717) is 26.9 Å². The number of carbonyl (C=O) groups is 2. The van der Waals surface area contributed by atoms with Crippen LogP contribution in [0.2, 0.25) is 0 Å². The van der Waals surface area contributed by atoms with Crippen LogP contribution in [-0.2, 0) is 16.0 Å². The molecule has 2 aromatic rings. The summed E-state index contributed by atoms with van der Waals surface area (Å²) in [4.78, 5) is 25.5. The van der Waals surface area contributed by atoms with Gasteiger partial charge in [0.1, 0.15) is 21.0 Å². The number of thiocyanates is 1. The van der Waals surface area contributed by atoms with E-state index in [1.807, 2.05) is 36.6 Å². The quantitative estimate of drug-likeness (QED) is 0.399. The van der Waals surface area contributed by atoms with Crippen molar-refractivity contribution in [2.24, 2.45) is 0 Å². The van der Waals surface area contributed by atoms with Crippen molar-refractivity contribution >= 4 is 40.0 Å². The van der Waals surface area contributed by atoms with Crippen LogP contribution in [0.5, 0.6) is 5.75 Å². The third-order valence-corrected chi connectivity index (χ3v) is 5.67. The molecule has 0 atom stereocenters. The molecule has 1 heterocycles. The van der Waals surface area contributed by atoms with Gasteiger partial charge in [0, 0.05) is 0 Å². The number of hydrogen-bond acceptors (Lipinski definition) is 7. The van der Waals surface area contributed by atoms with Gasteiger partial charge in [-0.2, -0.15) is 5.26 Å². The van der Waals surface area contributed by atoms with Gasteiger partial charge in [-0.25, -0.2) is 4.79 Å². The fourth-order valence-corrected chi connectivity index (χ4v) is 4.18. The molecule has 8 heteroatoms. The molecule has 142 valence electrons. The highest BCUT2D eigenvalue weighted by atomic mass is 32.2. The van der Waals surface area contributed by atoms with Gasteiger partial charge < -0.3 is 14.8 Å². The summed E-state index contributed by atoms with van der Waals surface area (Å²) in [6.07, 6.45) is 0.175. The highest BCUT2D eigenvalue weighted by Crippen LogP contribution is 2.40. The van der Waals surface area contributed by atoms with E-state index in [4.69, 9.17) is 14.7 Å². The zero-order chi connectivity index (χ0) is 19.8. The molecule has 0 spiro atoms. The molecule has 1 aromatic carbocycles. The third-order valence-electron chi connectivity index (χ3n) is 3.55. The molecule has 1 aromatic heterocycles. The van der Waals surface area contributed by atoms with Crippen molar-refractivity contribution in [3.63, 3.8) is 0 Å². The molecule has 6 nitrogen and oxygen atoms in total. The summed E-state index contributed by atoms with van der Waals surface area (Å²) < 4.78 is 10.4. The molecule has 1 N–H and O–H groups in total. The topological polar surface area (TPSA) is 88.4 Å². The van der Waals surface area contributed by atoms with Gasteiger partial charge in [0.05, 0.1) is 24.5 Å². The number of anilines is 1. The summed E-state index contributed by atoms with van der Waals surface area (Å²) in [6, 6.07) is 7.30. The van der Waals surface area contributed by atoms with Crippen LogP contribution in [0.4, 0.5) is 5.00 Å². The van der Waals surface area contributed by atoms with Gasteiger partial charge in [-0.05, 0) is 55.8 Å². The van der Waals surface area contributed by atoms with Crippen LogP contribution in [0.3, 0.4) is 0 Å². The molecule has 0 radical (unpaired) electrons. The Labute approximate surface area is 166 Å². The number of hydrogen-bond donors (Lipinski definition) is 1. The number of nitriles is 1. The van der Waals surface area contributed by atoms with E-state index in [-0.39, 0.29) is 18.9 Å². The number of amides is 1. The number of rotatable bonds is 8. The maximum Gasteiger partial charge on any atom is 0.348 e. The highest BCUT2D eigenvalue weighted by Gasteiger charge is 2.22. The Bertz CT molecular complexity index is 854. The zero-order valence-corrected chi connectivity index (χ0v) is 17.0. The van der Waals surface area contributed by atoms with Crippen LogP contribution < -0.4 is 10.1 Å². The normalized spacial score (nSPS) is 10.1. The number of nitrogens with zero attached hydrogens (tertiary/aromatic N) is 1. The Morgan fingerprint density at radius 1 is 1.22 bits per heavy atom. The van der Waals surface area contributed by atoms with Crippen LogP contribution in [-0.4, -0.2) is 25.1 Å². The van der Waals surface area contributed by atoms with Crippen molar-refractivity contribution in [2.75, 3.05) is 18.5 Å². The van der Waals surface area contributed by atoms with E-state index in [9.17, 15) is 9.59 Å². The van der Waals surface area contributed by atoms with Crippen molar-refractivity contribution < 1.29 is 19.1 Å². The minimum absolute atomic E-state index is 0.175. The molecule has 0 fully saturated rings. The molecule has 1 amide bonds. The predicted molar refractivity (Wildman–Crippen MR) is 106 cm³/mol. The number of nitrogens with one attached hydrogen (secondary N) is 1. The molecule has 2 rings (SSSR count). The zero-order valence-electron chi connectivity index (χ0n) is 15.3. The Morgan fingerprint density at radius 3 is 2.52 bits per heavy atom. The first-order valence-electron chi connectivity index (χ1n) is 8.38. The fraction of sp³-hybridized carbons (Fsp3) is 0.316. The van der Waals surface area contributed by atoms with Crippen molar-refractivity contribution in [1.82, 2.24) is 0 Å². The van der Waals surface area contributed by atoms with Gasteiger partial charge in [-0.1, -0.05) is 12.1 Å². The smallest absolute Gasteiger partial charge is 0.348 e. The van der Waals surface area contributed by atoms with Crippen LogP contribution in [0.15, 0.2) is 29.2 Å². The molecular weight excluding hydrogens is 384 g/mol. The first kappa shape index (κ1) is 20.8. The Hall–Kier alpha value is -2.50. The van der Waals surface area contributed by atoms with Crippen molar-refractivity contribution in [2.45, 2.75) is 32.1 Å². The summed E-state index contributed by atoms with van der Waals surface area (Å²) in [5.74, 6) is 0.0738. The van der Waals surface area contributed by atoms with Crippen molar-refractivity contribution in [1.29, 1.82) is 5.26 Å². The number of carbonyl (C=O) groups excluding carboxylic acids is 2. The van der Waals surface area contributed by atoms with Crippen molar-refractivity contribution in [3.8, 4) is 11.2 Å². The second-order valence-corrected chi connectivity index (χ2v) is 7.25. The number of esters is 1. The molecule has 0 bridgehead atoms. The summed E-state index contributed by atoms with van der Waals surface area (Å²) in [5, 5.41) is 14.3. The van der Waals surface area contributed by atoms with E-state index >= 15 is 0 Å². The Balaban J connectivity index is 2.15. The first-order valence-corrected chi connectivity index (χ1v) is 10.0.